The van der Waals surface area contributed by atoms with Crippen LogP contribution in [0.4, 0.5) is 0 Å². The van der Waals surface area contributed by atoms with E-state index in [9.17, 15) is 14.7 Å². The fourth-order valence-electron chi connectivity index (χ4n) is 2.42. The fourth-order valence-corrected chi connectivity index (χ4v) is 2.42. The van der Waals surface area contributed by atoms with Crippen LogP contribution in [0.5, 0.6) is 5.75 Å². The number of hydrogen-bond donors (Lipinski definition) is 2. The van der Waals surface area contributed by atoms with E-state index in [2.05, 4.69) is 4.98 Å². The topological polar surface area (TPSA) is 79.4 Å². The average Bonchev–Trinajstić information content (AvgIpc) is 2.54. The summed E-state index contributed by atoms with van der Waals surface area (Å²) < 4.78 is 4.94. The van der Waals surface area contributed by atoms with Gasteiger partial charge < -0.3 is 14.8 Å². The van der Waals surface area contributed by atoms with Crippen LogP contribution >= 0.6 is 0 Å². The van der Waals surface area contributed by atoms with E-state index in [1.807, 2.05) is 0 Å². The molecule has 23 heavy (non-hydrogen) atoms. The predicted molar refractivity (Wildman–Crippen MR) is 87.6 cm³/mol. The maximum atomic E-state index is 12.4. The summed E-state index contributed by atoms with van der Waals surface area (Å²) in [5.41, 5.74) is 2.06. The van der Waals surface area contributed by atoms with E-state index in [1.54, 1.807) is 43.3 Å². The van der Waals surface area contributed by atoms with E-state index < -0.39 is 5.97 Å². The molecule has 0 atom stereocenters. The van der Waals surface area contributed by atoms with Crippen molar-refractivity contribution in [3.05, 3.63) is 64.3 Å². The summed E-state index contributed by atoms with van der Waals surface area (Å²) in [5.74, 6) is -0.327. The highest BCUT2D eigenvalue weighted by atomic mass is 16.5. The Bertz CT molecular complexity index is 943. The Kier molecular flexibility index (Phi) is 3.85. The normalized spacial score (nSPS) is 10.7. The summed E-state index contributed by atoms with van der Waals surface area (Å²) in [5, 5.41) is 9.98. The van der Waals surface area contributed by atoms with Gasteiger partial charge in [-0.05, 0) is 37.3 Å². The van der Waals surface area contributed by atoms with Gasteiger partial charge in [-0.3, -0.25) is 4.79 Å². The molecular formula is C18H15NO4. The van der Waals surface area contributed by atoms with Gasteiger partial charge in [-0.25, -0.2) is 4.79 Å². The maximum Gasteiger partial charge on any atom is 0.338 e. The molecule has 2 aromatic carbocycles. The molecular weight excluding hydrogens is 294 g/mol. The standard InChI is InChI=1S/C18H15NO4/c1-2-23-18(22)12-6-7-15-14(9-12)17(21)10-16(19-15)11-4-3-5-13(20)8-11/h3-10,20H,2H2,1H3,(H,19,21). The number of esters is 1. The first-order valence-corrected chi connectivity index (χ1v) is 7.22. The molecule has 0 aliphatic carbocycles. The zero-order valence-corrected chi connectivity index (χ0v) is 12.5. The Balaban J connectivity index is 2.11. The zero-order valence-electron chi connectivity index (χ0n) is 12.5. The van der Waals surface area contributed by atoms with Crippen molar-refractivity contribution in [2.45, 2.75) is 6.92 Å². The second-order valence-corrected chi connectivity index (χ2v) is 5.08. The van der Waals surface area contributed by atoms with E-state index in [0.717, 1.165) is 0 Å². The predicted octanol–water partition coefficient (Wildman–Crippen LogP) is 3.08. The van der Waals surface area contributed by atoms with Crippen LogP contribution in [0.3, 0.4) is 0 Å². The van der Waals surface area contributed by atoms with Crippen LogP contribution in [0.15, 0.2) is 53.3 Å². The van der Waals surface area contributed by atoms with Crippen LogP contribution in [-0.2, 0) is 4.74 Å². The summed E-state index contributed by atoms with van der Waals surface area (Å²) in [6.45, 7) is 2.01. The highest BCUT2D eigenvalue weighted by Gasteiger charge is 2.10. The van der Waals surface area contributed by atoms with Crippen LogP contribution < -0.4 is 5.43 Å². The number of hydrogen-bond acceptors (Lipinski definition) is 4. The molecule has 116 valence electrons. The third-order valence-corrected chi connectivity index (χ3v) is 3.50. The summed E-state index contributed by atoms with van der Waals surface area (Å²) in [6, 6.07) is 12.9. The molecule has 0 amide bonds. The van der Waals surface area contributed by atoms with Crippen molar-refractivity contribution in [2.24, 2.45) is 0 Å². The molecule has 0 spiro atoms. The maximum absolute atomic E-state index is 12.4. The van der Waals surface area contributed by atoms with Crippen molar-refractivity contribution in [2.75, 3.05) is 6.61 Å². The molecule has 5 nitrogen and oxygen atoms in total. The smallest absolute Gasteiger partial charge is 0.338 e. The van der Waals surface area contributed by atoms with Crippen LogP contribution in [0, 0.1) is 0 Å². The lowest BCUT2D eigenvalue weighted by atomic mass is 10.1. The van der Waals surface area contributed by atoms with Crippen molar-refractivity contribution in [3.8, 4) is 17.0 Å². The van der Waals surface area contributed by atoms with Crippen molar-refractivity contribution >= 4 is 16.9 Å². The first-order chi connectivity index (χ1) is 11.1. The Morgan fingerprint density at radius 2 is 2.00 bits per heavy atom. The number of pyridine rings is 1. The molecule has 0 saturated heterocycles. The summed E-state index contributed by atoms with van der Waals surface area (Å²) in [7, 11) is 0. The molecule has 5 heteroatoms. The van der Waals surface area contributed by atoms with Crippen LogP contribution in [0.1, 0.15) is 17.3 Å². The lowest BCUT2D eigenvalue weighted by molar-refractivity contribution is 0.0526. The van der Waals surface area contributed by atoms with Gasteiger partial charge in [0.25, 0.3) is 0 Å². The lowest BCUT2D eigenvalue weighted by Crippen LogP contribution is -2.08. The number of benzene rings is 2. The molecule has 1 aromatic heterocycles. The minimum Gasteiger partial charge on any atom is -0.508 e. The number of aromatic nitrogens is 1. The molecule has 0 aliphatic rings. The van der Waals surface area contributed by atoms with E-state index in [1.165, 1.54) is 12.1 Å². The van der Waals surface area contributed by atoms with Crippen LogP contribution in [0.25, 0.3) is 22.2 Å². The van der Waals surface area contributed by atoms with Crippen LogP contribution in [0.2, 0.25) is 0 Å². The molecule has 3 rings (SSSR count). The van der Waals surface area contributed by atoms with Gasteiger partial charge in [0.2, 0.25) is 0 Å². The lowest BCUT2D eigenvalue weighted by Gasteiger charge is -2.07. The molecule has 2 N–H and O–H groups in total. The Morgan fingerprint density at radius 3 is 2.74 bits per heavy atom. The molecule has 0 saturated carbocycles. The molecule has 3 aromatic rings. The van der Waals surface area contributed by atoms with Crippen molar-refractivity contribution in [3.63, 3.8) is 0 Å². The molecule has 0 radical (unpaired) electrons. The number of fused-ring (bicyclic) bond motifs is 1. The van der Waals surface area contributed by atoms with Crippen molar-refractivity contribution < 1.29 is 14.6 Å². The number of carbonyl (C=O) groups excluding carboxylic acids is 1. The Morgan fingerprint density at radius 1 is 1.17 bits per heavy atom. The summed E-state index contributed by atoms with van der Waals surface area (Å²) in [6.07, 6.45) is 0. The van der Waals surface area contributed by atoms with Crippen molar-refractivity contribution in [1.82, 2.24) is 4.98 Å². The number of carbonyl (C=O) groups is 1. The fraction of sp³-hybridized carbons (Fsp3) is 0.111. The number of aromatic hydroxyl groups is 1. The second-order valence-electron chi connectivity index (χ2n) is 5.08. The SMILES string of the molecule is CCOC(=O)c1ccc2[nH]c(-c3cccc(O)c3)cc(=O)c2c1. The quantitative estimate of drug-likeness (QED) is 0.729. The van der Waals surface area contributed by atoms with Crippen LogP contribution in [-0.4, -0.2) is 22.7 Å². The van der Waals surface area contributed by atoms with Gasteiger partial charge in [0.15, 0.2) is 5.43 Å². The first kappa shape index (κ1) is 14.8. The third-order valence-electron chi connectivity index (χ3n) is 3.50. The molecule has 0 aliphatic heterocycles. The van der Waals surface area contributed by atoms with Gasteiger partial charge in [-0.15, -0.1) is 0 Å². The first-order valence-electron chi connectivity index (χ1n) is 7.22. The number of phenolic OH excluding ortho intramolecular Hbond substituents is 1. The molecule has 0 fully saturated rings. The van der Waals surface area contributed by atoms with E-state index >= 15 is 0 Å². The van der Waals surface area contributed by atoms with Gasteiger partial charge in [0.1, 0.15) is 5.75 Å². The number of aromatic amines is 1. The largest absolute Gasteiger partial charge is 0.508 e. The van der Waals surface area contributed by atoms with Gasteiger partial charge in [-0.2, -0.15) is 0 Å². The van der Waals surface area contributed by atoms with Crippen molar-refractivity contribution in [1.29, 1.82) is 0 Å². The third kappa shape index (κ3) is 2.94. The second kappa shape index (κ2) is 5.96. The minimum absolute atomic E-state index is 0.126. The van der Waals surface area contributed by atoms with E-state index in [-0.39, 0.29) is 17.8 Å². The molecule has 0 unspecified atom stereocenters. The van der Waals surface area contributed by atoms with Gasteiger partial charge in [-0.1, -0.05) is 12.1 Å². The minimum atomic E-state index is -0.453. The summed E-state index contributed by atoms with van der Waals surface area (Å²) in [4.78, 5) is 27.3. The highest BCUT2D eigenvalue weighted by Crippen LogP contribution is 2.22. The Labute approximate surface area is 132 Å². The average molecular weight is 309 g/mol. The highest BCUT2D eigenvalue weighted by molar-refractivity contribution is 5.94. The van der Waals surface area contributed by atoms with E-state index in [4.69, 9.17) is 4.74 Å². The monoisotopic (exact) mass is 309 g/mol. The number of H-pyrrole nitrogens is 1. The van der Waals surface area contributed by atoms with Gasteiger partial charge in [0.05, 0.1) is 12.2 Å². The number of rotatable bonds is 3. The number of phenols is 1. The molecule has 1 heterocycles. The Hall–Kier alpha value is -3.08. The van der Waals surface area contributed by atoms with Gasteiger partial charge >= 0.3 is 5.97 Å². The zero-order chi connectivity index (χ0) is 16.4. The molecule has 0 bridgehead atoms. The summed E-state index contributed by atoms with van der Waals surface area (Å²) >= 11 is 0. The number of nitrogens with one attached hydrogen (secondary N) is 1. The van der Waals surface area contributed by atoms with E-state index in [0.29, 0.717) is 27.7 Å². The number of ether oxygens (including phenoxy) is 1. The van der Waals surface area contributed by atoms with Gasteiger partial charge in [0, 0.05) is 28.2 Å².